The lowest BCUT2D eigenvalue weighted by molar-refractivity contribution is 0.137. The summed E-state index contributed by atoms with van der Waals surface area (Å²) in [5, 5.41) is 1.25. The van der Waals surface area contributed by atoms with Gasteiger partial charge in [-0.15, -0.1) is 0 Å². The number of likely N-dealkylation sites (tertiary alicyclic amines) is 1. The molecule has 1 unspecified atom stereocenters. The van der Waals surface area contributed by atoms with Crippen LogP contribution in [0.4, 0.5) is 0 Å². The van der Waals surface area contributed by atoms with Gasteiger partial charge in [0.05, 0.1) is 12.6 Å². The first-order chi connectivity index (χ1) is 15.2. The highest BCUT2D eigenvalue weighted by atomic mass is 16.5. The van der Waals surface area contributed by atoms with E-state index >= 15 is 0 Å². The molecule has 3 heteroatoms. The van der Waals surface area contributed by atoms with Gasteiger partial charge < -0.3 is 9.64 Å². The van der Waals surface area contributed by atoms with Gasteiger partial charge in [-0.2, -0.15) is 0 Å². The zero-order valence-corrected chi connectivity index (χ0v) is 19.1. The van der Waals surface area contributed by atoms with Crippen molar-refractivity contribution in [1.29, 1.82) is 0 Å². The van der Waals surface area contributed by atoms with Gasteiger partial charge in [-0.05, 0) is 99.8 Å². The Morgan fingerprint density at radius 2 is 1.90 bits per heavy atom. The van der Waals surface area contributed by atoms with Crippen molar-refractivity contribution in [2.24, 2.45) is 0 Å². The molecule has 0 bridgehead atoms. The quantitative estimate of drug-likeness (QED) is 0.406. The van der Waals surface area contributed by atoms with E-state index in [4.69, 9.17) is 4.74 Å². The first kappa shape index (κ1) is 21.8. The number of pyridine rings is 1. The molecule has 0 amide bonds. The number of hydrogen-bond donors (Lipinski definition) is 0. The first-order valence-corrected chi connectivity index (χ1v) is 11.9. The number of methoxy groups -OCH3 is 1. The maximum absolute atomic E-state index is 5.47. The van der Waals surface area contributed by atoms with Crippen LogP contribution < -0.4 is 4.74 Å². The molecule has 3 nitrogen and oxygen atoms in total. The topological polar surface area (TPSA) is 25.4 Å². The van der Waals surface area contributed by atoms with Crippen molar-refractivity contribution < 1.29 is 4.74 Å². The molecule has 0 N–H and O–H groups in total. The van der Waals surface area contributed by atoms with Crippen molar-refractivity contribution in [3.63, 3.8) is 0 Å². The number of nitrogens with zero attached hydrogens (tertiary/aromatic N) is 2. The molecule has 0 spiro atoms. The van der Waals surface area contributed by atoms with Gasteiger partial charge in [0.25, 0.3) is 0 Å². The summed E-state index contributed by atoms with van der Waals surface area (Å²) in [6, 6.07) is 17.9. The van der Waals surface area contributed by atoms with E-state index in [2.05, 4.69) is 59.3 Å². The lowest BCUT2D eigenvalue weighted by atomic mass is 9.93. The standard InChI is InChI=1S/C28H36N2O/c1-22-21-29-28-17-16-25(31-2)20-27(28)26(22)15-8-14-24-13-6-7-18-30(24)19-9-12-23-10-4-3-5-11-23/h3-5,10-11,16-17,20-21,24H,6-9,12-15,18-19H2,1-2H3. The SMILES string of the molecule is COc1ccc2ncc(C)c(CCCC3CCCCN3CCCc3ccccc3)c2c1. The zero-order chi connectivity index (χ0) is 21.5. The minimum absolute atomic E-state index is 0.743. The minimum atomic E-state index is 0.743. The van der Waals surface area contributed by atoms with Crippen molar-refractivity contribution in [2.75, 3.05) is 20.2 Å². The molecule has 164 valence electrons. The average Bonchev–Trinajstić information content (AvgIpc) is 2.81. The second-order valence-electron chi connectivity index (χ2n) is 8.97. The molecule has 0 saturated carbocycles. The van der Waals surface area contributed by atoms with Gasteiger partial charge in [-0.25, -0.2) is 0 Å². The van der Waals surface area contributed by atoms with Crippen LogP contribution in [0.2, 0.25) is 0 Å². The van der Waals surface area contributed by atoms with Gasteiger partial charge in [-0.3, -0.25) is 4.98 Å². The third kappa shape index (κ3) is 5.65. The Hall–Kier alpha value is -2.39. The fourth-order valence-electron chi connectivity index (χ4n) is 5.11. The van der Waals surface area contributed by atoms with Gasteiger partial charge in [-0.1, -0.05) is 36.8 Å². The molecule has 0 aliphatic carbocycles. The Balaban J connectivity index is 1.35. The summed E-state index contributed by atoms with van der Waals surface area (Å²) >= 11 is 0. The van der Waals surface area contributed by atoms with E-state index in [9.17, 15) is 0 Å². The number of piperidine rings is 1. The van der Waals surface area contributed by atoms with Crippen LogP contribution in [0.5, 0.6) is 5.75 Å². The molecule has 1 aromatic heterocycles. The van der Waals surface area contributed by atoms with Crippen LogP contribution in [0.3, 0.4) is 0 Å². The van der Waals surface area contributed by atoms with Crippen molar-refractivity contribution in [3.8, 4) is 5.75 Å². The van der Waals surface area contributed by atoms with Crippen molar-refractivity contribution in [2.45, 2.75) is 64.3 Å². The summed E-state index contributed by atoms with van der Waals surface area (Å²) in [5.74, 6) is 0.915. The molecule has 1 aliphatic rings. The molecule has 1 fully saturated rings. The Bertz CT molecular complexity index is 969. The lowest BCUT2D eigenvalue weighted by Crippen LogP contribution is -2.40. The highest BCUT2D eigenvalue weighted by Crippen LogP contribution is 2.28. The highest BCUT2D eigenvalue weighted by molar-refractivity contribution is 5.84. The number of ether oxygens (including phenoxy) is 1. The Morgan fingerprint density at radius 3 is 2.74 bits per heavy atom. The largest absolute Gasteiger partial charge is 0.497 e. The van der Waals surface area contributed by atoms with Crippen molar-refractivity contribution in [3.05, 3.63) is 71.4 Å². The molecule has 4 rings (SSSR count). The van der Waals surface area contributed by atoms with Gasteiger partial charge in [0.1, 0.15) is 5.75 Å². The summed E-state index contributed by atoms with van der Waals surface area (Å²) in [7, 11) is 1.74. The zero-order valence-electron chi connectivity index (χ0n) is 19.1. The Morgan fingerprint density at radius 1 is 1.03 bits per heavy atom. The fraction of sp³-hybridized carbons (Fsp3) is 0.464. The second-order valence-corrected chi connectivity index (χ2v) is 8.97. The summed E-state index contributed by atoms with van der Waals surface area (Å²) in [6.45, 7) is 4.69. The normalized spacial score (nSPS) is 17.2. The summed E-state index contributed by atoms with van der Waals surface area (Å²) in [5.41, 5.74) is 5.27. The smallest absolute Gasteiger partial charge is 0.119 e. The van der Waals surface area contributed by atoms with Crippen molar-refractivity contribution in [1.82, 2.24) is 9.88 Å². The molecule has 1 atom stereocenters. The van der Waals surface area contributed by atoms with Gasteiger partial charge in [0.15, 0.2) is 0 Å². The number of fused-ring (bicyclic) bond motifs is 1. The predicted molar refractivity (Wildman–Crippen MR) is 130 cm³/mol. The summed E-state index contributed by atoms with van der Waals surface area (Å²) < 4.78 is 5.47. The summed E-state index contributed by atoms with van der Waals surface area (Å²) in [4.78, 5) is 7.39. The van der Waals surface area contributed by atoms with Crippen LogP contribution in [0.1, 0.15) is 55.2 Å². The van der Waals surface area contributed by atoms with Crippen LogP contribution in [0, 0.1) is 6.92 Å². The molecule has 31 heavy (non-hydrogen) atoms. The third-order valence-electron chi connectivity index (χ3n) is 6.87. The molecule has 0 radical (unpaired) electrons. The molecule has 1 aliphatic heterocycles. The maximum atomic E-state index is 5.47. The molecule has 1 saturated heterocycles. The van der Waals surface area contributed by atoms with Gasteiger partial charge in [0, 0.05) is 17.6 Å². The fourth-order valence-corrected chi connectivity index (χ4v) is 5.11. The minimum Gasteiger partial charge on any atom is -0.497 e. The van der Waals surface area contributed by atoms with E-state index in [0.29, 0.717) is 0 Å². The lowest BCUT2D eigenvalue weighted by Gasteiger charge is -2.36. The molecule has 2 aromatic carbocycles. The van der Waals surface area contributed by atoms with E-state index < -0.39 is 0 Å². The van der Waals surface area contributed by atoms with Crippen LogP contribution >= 0.6 is 0 Å². The average molecular weight is 417 g/mol. The predicted octanol–water partition coefficient (Wildman–Crippen LogP) is 6.36. The van der Waals surface area contributed by atoms with Gasteiger partial charge >= 0.3 is 0 Å². The van der Waals surface area contributed by atoms with E-state index in [1.165, 1.54) is 80.1 Å². The van der Waals surface area contributed by atoms with Crippen LogP contribution in [-0.4, -0.2) is 36.1 Å². The number of hydrogen-bond acceptors (Lipinski definition) is 3. The highest BCUT2D eigenvalue weighted by Gasteiger charge is 2.21. The third-order valence-corrected chi connectivity index (χ3v) is 6.87. The number of aromatic nitrogens is 1. The first-order valence-electron chi connectivity index (χ1n) is 11.9. The maximum Gasteiger partial charge on any atom is 0.119 e. The summed E-state index contributed by atoms with van der Waals surface area (Å²) in [6.07, 6.45) is 12.2. The van der Waals surface area contributed by atoms with E-state index in [1.807, 2.05) is 12.3 Å². The Kier molecular flexibility index (Phi) is 7.58. The number of rotatable bonds is 9. The number of benzene rings is 2. The molecule has 3 aromatic rings. The molecule has 2 heterocycles. The van der Waals surface area contributed by atoms with Crippen LogP contribution in [-0.2, 0) is 12.8 Å². The van der Waals surface area contributed by atoms with Crippen molar-refractivity contribution >= 4 is 10.9 Å². The second kappa shape index (κ2) is 10.8. The van der Waals surface area contributed by atoms with Gasteiger partial charge in [0.2, 0.25) is 0 Å². The van der Waals surface area contributed by atoms with Crippen LogP contribution in [0.25, 0.3) is 10.9 Å². The number of aryl methyl sites for hydroxylation is 3. The molecular formula is C28H36N2O. The van der Waals surface area contributed by atoms with E-state index in [1.54, 1.807) is 7.11 Å². The van der Waals surface area contributed by atoms with E-state index in [-0.39, 0.29) is 0 Å². The van der Waals surface area contributed by atoms with Crippen LogP contribution in [0.15, 0.2) is 54.7 Å². The monoisotopic (exact) mass is 416 g/mol. The Labute approximate surface area is 187 Å². The van der Waals surface area contributed by atoms with E-state index in [0.717, 1.165) is 23.7 Å². The molecular weight excluding hydrogens is 380 g/mol.